The molecule has 2 aliphatic rings. The highest BCUT2D eigenvalue weighted by Gasteiger charge is 2.45. The predicted molar refractivity (Wildman–Crippen MR) is 49.4 cm³/mol. The van der Waals surface area contributed by atoms with Crippen LogP contribution in [0.3, 0.4) is 0 Å². The second kappa shape index (κ2) is 3.03. The van der Waals surface area contributed by atoms with E-state index in [4.69, 9.17) is 39.6 Å². The average Bonchev–Trinajstić information content (AvgIpc) is 2.64. The standard InChI is InChI=1S/C7H8Cl3NO/c8-4-7(9,10)11-5-1-2-6(3-5)12-11/h1-2,5-6H,3-4H2. The minimum Gasteiger partial charge on any atom is -0.288 e. The molecule has 2 bridgehead atoms. The maximum absolute atomic E-state index is 5.92. The molecule has 5 heteroatoms. The fourth-order valence-electron chi connectivity index (χ4n) is 1.50. The summed E-state index contributed by atoms with van der Waals surface area (Å²) in [6, 6.07) is 0.184. The molecule has 1 aliphatic carbocycles. The van der Waals surface area contributed by atoms with E-state index in [-0.39, 0.29) is 18.0 Å². The zero-order valence-electron chi connectivity index (χ0n) is 6.21. The molecule has 0 N–H and O–H groups in total. The van der Waals surface area contributed by atoms with Crippen molar-refractivity contribution in [1.29, 1.82) is 0 Å². The number of rotatable bonds is 2. The lowest BCUT2D eigenvalue weighted by molar-refractivity contribution is -0.166. The van der Waals surface area contributed by atoms with Gasteiger partial charge in [-0.05, 0) is 0 Å². The molecule has 1 fully saturated rings. The summed E-state index contributed by atoms with van der Waals surface area (Å²) in [7, 11) is 0. The Morgan fingerprint density at radius 2 is 2.25 bits per heavy atom. The largest absolute Gasteiger partial charge is 0.288 e. The third kappa shape index (κ3) is 1.36. The minimum absolute atomic E-state index is 0.132. The summed E-state index contributed by atoms with van der Waals surface area (Å²) in [6.45, 7) is 0. The van der Waals surface area contributed by atoms with Gasteiger partial charge in [0.1, 0.15) is 0 Å². The molecule has 1 aliphatic heterocycles. The van der Waals surface area contributed by atoms with Crippen LogP contribution in [0.4, 0.5) is 0 Å². The normalized spacial score (nSPS) is 34.9. The molecule has 2 unspecified atom stereocenters. The summed E-state index contributed by atoms with van der Waals surface area (Å²) in [5, 5.41) is 1.56. The molecule has 0 radical (unpaired) electrons. The van der Waals surface area contributed by atoms with Gasteiger partial charge in [0.25, 0.3) is 0 Å². The van der Waals surface area contributed by atoms with E-state index in [1.54, 1.807) is 5.06 Å². The molecule has 0 aromatic carbocycles. The van der Waals surface area contributed by atoms with Gasteiger partial charge in [-0.25, -0.2) is 0 Å². The summed E-state index contributed by atoms with van der Waals surface area (Å²) in [5.41, 5.74) is 0. The molecule has 0 aromatic rings. The first kappa shape index (κ1) is 9.10. The first-order valence-electron chi connectivity index (χ1n) is 3.72. The lowest BCUT2D eigenvalue weighted by Crippen LogP contribution is -2.43. The number of alkyl halides is 3. The van der Waals surface area contributed by atoms with Crippen molar-refractivity contribution in [2.24, 2.45) is 0 Å². The Balaban J connectivity index is 2.12. The highest BCUT2D eigenvalue weighted by Crippen LogP contribution is 2.39. The quantitative estimate of drug-likeness (QED) is 0.408. The molecule has 2 rings (SSSR count). The van der Waals surface area contributed by atoms with E-state index in [2.05, 4.69) is 0 Å². The Kier molecular flexibility index (Phi) is 2.30. The molecule has 2 nitrogen and oxygen atoms in total. The molecule has 68 valence electrons. The van der Waals surface area contributed by atoms with Crippen molar-refractivity contribution < 1.29 is 4.84 Å². The molecule has 0 saturated carbocycles. The molecule has 2 atom stereocenters. The van der Waals surface area contributed by atoms with E-state index in [1.165, 1.54) is 0 Å². The molecular formula is C7H8Cl3NO. The van der Waals surface area contributed by atoms with E-state index in [0.717, 1.165) is 6.42 Å². The summed E-state index contributed by atoms with van der Waals surface area (Å²) in [4.78, 5) is 5.41. The number of hydroxylamine groups is 2. The van der Waals surface area contributed by atoms with Crippen molar-refractivity contribution in [3.05, 3.63) is 12.2 Å². The van der Waals surface area contributed by atoms with Gasteiger partial charge in [0, 0.05) is 6.42 Å². The van der Waals surface area contributed by atoms with Crippen LogP contribution in [0.2, 0.25) is 0 Å². The van der Waals surface area contributed by atoms with Gasteiger partial charge in [-0.15, -0.1) is 16.7 Å². The second-order valence-corrected chi connectivity index (χ2v) is 4.67. The summed E-state index contributed by atoms with van der Waals surface area (Å²) < 4.78 is -1.11. The van der Waals surface area contributed by atoms with Crippen molar-refractivity contribution in [3.8, 4) is 0 Å². The maximum Gasteiger partial charge on any atom is 0.206 e. The van der Waals surface area contributed by atoms with Gasteiger partial charge in [0.2, 0.25) is 4.46 Å². The van der Waals surface area contributed by atoms with Gasteiger partial charge in [0.15, 0.2) is 0 Å². The van der Waals surface area contributed by atoms with Crippen LogP contribution in [-0.4, -0.2) is 27.5 Å². The summed E-state index contributed by atoms with van der Waals surface area (Å²) in [6.07, 6.45) is 5.12. The van der Waals surface area contributed by atoms with Gasteiger partial charge in [-0.3, -0.25) is 4.84 Å². The average molecular weight is 229 g/mol. The monoisotopic (exact) mass is 227 g/mol. The Labute approximate surface area is 86.0 Å². The number of hydrogen-bond acceptors (Lipinski definition) is 2. The van der Waals surface area contributed by atoms with Crippen LogP contribution < -0.4 is 0 Å². The zero-order valence-corrected chi connectivity index (χ0v) is 8.48. The van der Waals surface area contributed by atoms with Crippen molar-refractivity contribution in [2.75, 3.05) is 5.88 Å². The van der Waals surface area contributed by atoms with Crippen LogP contribution >= 0.6 is 34.8 Å². The summed E-state index contributed by atoms with van der Waals surface area (Å²) >= 11 is 17.4. The fraction of sp³-hybridized carbons (Fsp3) is 0.714. The third-order valence-corrected chi connectivity index (χ3v) is 3.32. The van der Waals surface area contributed by atoms with E-state index in [1.807, 2.05) is 12.2 Å². The zero-order chi connectivity index (χ0) is 8.77. The van der Waals surface area contributed by atoms with E-state index < -0.39 is 4.46 Å². The van der Waals surface area contributed by atoms with Crippen LogP contribution in [0.15, 0.2) is 12.2 Å². The first-order chi connectivity index (χ1) is 5.63. The smallest absolute Gasteiger partial charge is 0.206 e. The van der Waals surface area contributed by atoms with Crippen molar-refractivity contribution >= 4 is 34.8 Å². The Morgan fingerprint density at radius 1 is 1.50 bits per heavy atom. The molecule has 12 heavy (non-hydrogen) atoms. The van der Waals surface area contributed by atoms with E-state index in [0.29, 0.717) is 0 Å². The minimum atomic E-state index is -1.11. The lowest BCUT2D eigenvalue weighted by Gasteiger charge is -2.32. The maximum atomic E-state index is 5.92. The molecular weight excluding hydrogens is 220 g/mol. The molecule has 1 saturated heterocycles. The Bertz CT molecular complexity index is 219. The Hall–Kier alpha value is 0.530. The topological polar surface area (TPSA) is 12.5 Å². The number of nitrogens with zero attached hydrogens (tertiary/aromatic N) is 1. The van der Waals surface area contributed by atoms with Crippen LogP contribution in [-0.2, 0) is 4.84 Å². The summed E-state index contributed by atoms with van der Waals surface area (Å²) in [5.74, 6) is 0.132. The number of hydrogen-bond donors (Lipinski definition) is 0. The molecule has 1 heterocycles. The predicted octanol–water partition coefficient (Wildman–Crippen LogP) is 2.30. The van der Waals surface area contributed by atoms with Crippen LogP contribution in [0.5, 0.6) is 0 Å². The van der Waals surface area contributed by atoms with Gasteiger partial charge < -0.3 is 0 Å². The van der Waals surface area contributed by atoms with E-state index >= 15 is 0 Å². The highest BCUT2D eigenvalue weighted by molar-refractivity contribution is 6.51. The number of halogens is 3. The van der Waals surface area contributed by atoms with Gasteiger partial charge >= 0.3 is 0 Å². The van der Waals surface area contributed by atoms with Crippen molar-refractivity contribution in [1.82, 2.24) is 5.06 Å². The second-order valence-electron chi connectivity index (χ2n) is 2.96. The van der Waals surface area contributed by atoms with Crippen molar-refractivity contribution in [3.63, 3.8) is 0 Å². The van der Waals surface area contributed by atoms with Gasteiger partial charge in [0.05, 0.1) is 18.0 Å². The van der Waals surface area contributed by atoms with Crippen molar-refractivity contribution in [2.45, 2.75) is 23.0 Å². The third-order valence-electron chi connectivity index (χ3n) is 2.06. The lowest BCUT2D eigenvalue weighted by atomic mass is 10.2. The fourth-order valence-corrected chi connectivity index (χ4v) is 1.95. The molecule has 0 aromatic heterocycles. The van der Waals surface area contributed by atoms with Crippen LogP contribution in [0, 0.1) is 0 Å². The van der Waals surface area contributed by atoms with E-state index in [9.17, 15) is 0 Å². The highest BCUT2D eigenvalue weighted by atomic mass is 35.5. The first-order valence-corrected chi connectivity index (χ1v) is 5.01. The number of fused-ring (bicyclic) bond motifs is 2. The van der Waals surface area contributed by atoms with Gasteiger partial charge in [-0.1, -0.05) is 35.4 Å². The van der Waals surface area contributed by atoms with Gasteiger partial charge in [-0.2, -0.15) is 0 Å². The SMILES string of the molecule is ClCC(Cl)(Cl)N1OC2C=CC1C2. The van der Waals surface area contributed by atoms with Crippen LogP contribution in [0.1, 0.15) is 6.42 Å². The molecule has 0 amide bonds. The Morgan fingerprint density at radius 3 is 2.67 bits per heavy atom. The molecule has 0 spiro atoms. The van der Waals surface area contributed by atoms with Crippen LogP contribution in [0.25, 0.3) is 0 Å².